The number of cyclic esters (lactones) is 1. The third kappa shape index (κ3) is 2.73. The number of carbonyl (C=O) groups excluding carboxylic acids is 1. The van der Waals surface area contributed by atoms with E-state index < -0.39 is 0 Å². The Morgan fingerprint density at radius 1 is 1.39 bits per heavy atom. The van der Waals surface area contributed by atoms with E-state index in [1.54, 1.807) is 17.0 Å². The number of ether oxygens (including phenoxy) is 1. The van der Waals surface area contributed by atoms with Crippen molar-refractivity contribution in [1.29, 1.82) is 0 Å². The highest BCUT2D eigenvalue weighted by molar-refractivity contribution is 6.42. The van der Waals surface area contributed by atoms with Crippen molar-refractivity contribution in [3.05, 3.63) is 33.8 Å². The van der Waals surface area contributed by atoms with Crippen LogP contribution >= 0.6 is 23.2 Å². The van der Waals surface area contributed by atoms with Gasteiger partial charge in [-0.2, -0.15) is 0 Å². The molecule has 1 fully saturated rings. The zero-order valence-corrected chi connectivity index (χ0v) is 11.8. The summed E-state index contributed by atoms with van der Waals surface area (Å²) in [5.41, 5.74) is 0.953. The molecule has 18 heavy (non-hydrogen) atoms. The van der Waals surface area contributed by atoms with Gasteiger partial charge >= 0.3 is 6.09 Å². The molecule has 98 valence electrons. The second-order valence-corrected chi connectivity index (χ2v) is 5.58. The van der Waals surface area contributed by atoms with E-state index in [1.165, 1.54) is 0 Å². The van der Waals surface area contributed by atoms with E-state index in [0.29, 0.717) is 29.1 Å². The van der Waals surface area contributed by atoms with Gasteiger partial charge in [-0.15, -0.1) is 0 Å². The second kappa shape index (κ2) is 5.37. The van der Waals surface area contributed by atoms with E-state index in [4.69, 9.17) is 27.9 Å². The van der Waals surface area contributed by atoms with Gasteiger partial charge in [-0.1, -0.05) is 43.1 Å². The van der Waals surface area contributed by atoms with Gasteiger partial charge in [0.05, 0.1) is 16.1 Å². The van der Waals surface area contributed by atoms with Crippen LogP contribution < -0.4 is 0 Å². The number of hydrogen-bond donors (Lipinski definition) is 0. The van der Waals surface area contributed by atoms with Crippen molar-refractivity contribution in [2.24, 2.45) is 5.92 Å². The van der Waals surface area contributed by atoms with Gasteiger partial charge in [0, 0.05) is 6.54 Å². The van der Waals surface area contributed by atoms with Crippen LogP contribution in [-0.2, 0) is 11.3 Å². The van der Waals surface area contributed by atoms with E-state index in [-0.39, 0.29) is 12.1 Å². The van der Waals surface area contributed by atoms with Crippen molar-refractivity contribution in [2.75, 3.05) is 6.61 Å². The molecule has 1 aliphatic heterocycles. The smallest absolute Gasteiger partial charge is 0.410 e. The predicted octanol–water partition coefficient (Wildman–Crippen LogP) is 3.97. The lowest BCUT2D eigenvalue weighted by atomic mass is 10.0. The Balaban J connectivity index is 2.16. The molecule has 1 aromatic rings. The highest BCUT2D eigenvalue weighted by atomic mass is 35.5. The standard InChI is InChI=1S/C13H15Cl2NO2/c1-8(2)12-7-18-13(17)16(12)6-9-3-4-10(14)11(15)5-9/h3-5,8,12H,6-7H2,1-2H3/t12-/m1/s1. The summed E-state index contributed by atoms with van der Waals surface area (Å²) in [5, 5.41) is 1.02. The molecule has 0 spiro atoms. The summed E-state index contributed by atoms with van der Waals surface area (Å²) < 4.78 is 5.09. The lowest BCUT2D eigenvalue weighted by Crippen LogP contribution is -2.36. The lowest BCUT2D eigenvalue weighted by molar-refractivity contribution is 0.155. The monoisotopic (exact) mass is 287 g/mol. The highest BCUT2D eigenvalue weighted by Crippen LogP contribution is 2.26. The number of hydrogen-bond acceptors (Lipinski definition) is 2. The molecule has 0 unspecified atom stereocenters. The molecule has 1 amide bonds. The SMILES string of the molecule is CC(C)[C@H]1COC(=O)N1Cc1ccc(Cl)c(Cl)c1. The van der Waals surface area contributed by atoms with Gasteiger partial charge in [0.15, 0.2) is 0 Å². The highest BCUT2D eigenvalue weighted by Gasteiger charge is 2.34. The van der Waals surface area contributed by atoms with Crippen LogP contribution in [0.15, 0.2) is 18.2 Å². The Morgan fingerprint density at radius 2 is 2.11 bits per heavy atom. The van der Waals surface area contributed by atoms with Crippen LogP contribution in [0.4, 0.5) is 4.79 Å². The van der Waals surface area contributed by atoms with Crippen molar-refractivity contribution >= 4 is 29.3 Å². The first-order valence-electron chi connectivity index (χ1n) is 5.86. The first-order chi connectivity index (χ1) is 8.49. The van der Waals surface area contributed by atoms with Gasteiger partial charge in [0.25, 0.3) is 0 Å². The lowest BCUT2D eigenvalue weighted by Gasteiger charge is -2.24. The minimum Gasteiger partial charge on any atom is -0.447 e. The molecule has 0 radical (unpaired) electrons. The fourth-order valence-corrected chi connectivity index (χ4v) is 2.35. The summed E-state index contributed by atoms with van der Waals surface area (Å²) in [5.74, 6) is 0.360. The Morgan fingerprint density at radius 3 is 2.72 bits per heavy atom. The molecule has 1 saturated heterocycles. The van der Waals surface area contributed by atoms with Gasteiger partial charge in [0.2, 0.25) is 0 Å². The molecule has 0 aromatic heterocycles. The molecule has 1 atom stereocenters. The van der Waals surface area contributed by atoms with Crippen LogP contribution in [0.5, 0.6) is 0 Å². The zero-order chi connectivity index (χ0) is 13.3. The van der Waals surface area contributed by atoms with Crippen molar-refractivity contribution in [1.82, 2.24) is 4.90 Å². The third-order valence-corrected chi connectivity index (χ3v) is 3.86. The topological polar surface area (TPSA) is 29.5 Å². The van der Waals surface area contributed by atoms with Crippen molar-refractivity contribution in [3.8, 4) is 0 Å². The first kappa shape index (κ1) is 13.5. The number of rotatable bonds is 3. The number of halogens is 2. The van der Waals surface area contributed by atoms with E-state index in [0.717, 1.165) is 5.56 Å². The van der Waals surface area contributed by atoms with Gasteiger partial charge in [0.1, 0.15) is 6.61 Å². The van der Waals surface area contributed by atoms with Gasteiger partial charge in [-0.25, -0.2) is 4.79 Å². The molecule has 1 aromatic carbocycles. The summed E-state index contributed by atoms with van der Waals surface area (Å²) in [7, 11) is 0. The molecular formula is C13H15Cl2NO2. The fraction of sp³-hybridized carbons (Fsp3) is 0.462. The van der Waals surface area contributed by atoms with Crippen LogP contribution in [0.25, 0.3) is 0 Å². The Kier molecular flexibility index (Phi) is 4.03. The Hall–Kier alpha value is -0.930. The number of amides is 1. The minimum atomic E-state index is -0.264. The van der Waals surface area contributed by atoms with Gasteiger partial charge in [-0.05, 0) is 23.6 Å². The first-order valence-corrected chi connectivity index (χ1v) is 6.62. The van der Waals surface area contributed by atoms with Crippen molar-refractivity contribution < 1.29 is 9.53 Å². The molecular weight excluding hydrogens is 273 g/mol. The maximum absolute atomic E-state index is 11.7. The summed E-state index contributed by atoms with van der Waals surface area (Å²) in [6.45, 7) is 5.11. The molecule has 3 nitrogen and oxygen atoms in total. The van der Waals surface area contributed by atoms with Gasteiger partial charge < -0.3 is 4.74 Å². The minimum absolute atomic E-state index is 0.118. The van der Waals surface area contributed by atoms with Crippen LogP contribution in [0, 0.1) is 5.92 Å². The zero-order valence-electron chi connectivity index (χ0n) is 10.3. The van der Waals surface area contributed by atoms with E-state index in [9.17, 15) is 4.79 Å². The largest absolute Gasteiger partial charge is 0.447 e. The number of carbonyl (C=O) groups is 1. The van der Waals surface area contributed by atoms with Crippen LogP contribution in [0.3, 0.4) is 0 Å². The Labute approximate surface area is 117 Å². The molecule has 0 N–H and O–H groups in total. The normalized spacial score (nSPS) is 19.5. The van der Waals surface area contributed by atoms with Crippen LogP contribution in [-0.4, -0.2) is 23.6 Å². The Bertz CT molecular complexity index is 462. The summed E-state index contributed by atoms with van der Waals surface area (Å²) in [4.78, 5) is 13.4. The molecule has 0 saturated carbocycles. The van der Waals surface area contributed by atoms with E-state index in [1.807, 2.05) is 6.07 Å². The van der Waals surface area contributed by atoms with Crippen LogP contribution in [0.2, 0.25) is 10.0 Å². The summed E-state index contributed by atoms with van der Waals surface area (Å²) >= 11 is 11.8. The molecule has 1 aliphatic rings. The quantitative estimate of drug-likeness (QED) is 0.842. The van der Waals surface area contributed by atoms with Crippen LogP contribution in [0.1, 0.15) is 19.4 Å². The molecule has 2 rings (SSSR count). The number of nitrogens with zero attached hydrogens (tertiary/aromatic N) is 1. The summed E-state index contributed by atoms with van der Waals surface area (Å²) in [6, 6.07) is 5.52. The van der Waals surface area contributed by atoms with Gasteiger partial charge in [-0.3, -0.25) is 4.90 Å². The second-order valence-electron chi connectivity index (χ2n) is 4.76. The molecule has 5 heteroatoms. The van der Waals surface area contributed by atoms with Crippen molar-refractivity contribution in [2.45, 2.75) is 26.4 Å². The maximum atomic E-state index is 11.7. The average Bonchev–Trinajstić information content (AvgIpc) is 2.66. The molecule has 1 heterocycles. The fourth-order valence-electron chi connectivity index (χ4n) is 2.03. The maximum Gasteiger partial charge on any atom is 0.410 e. The van der Waals surface area contributed by atoms with E-state index >= 15 is 0 Å². The van der Waals surface area contributed by atoms with E-state index in [2.05, 4.69) is 13.8 Å². The molecule has 0 bridgehead atoms. The predicted molar refractivity (Wildman–Crippen MR) is 72.0 cm³/mol. The third-order valence-electron chi connectivity index (χ3n) is 3.12. The van der Waals surface area contributed by atoms with Crippen molar-refractivity contribution in [3.63, 3.8) is 0 Å². The average molecular weight is 288 g/mol. The number of benzene rings is 1. The molecule has 0 aliphatic carbocycles. The summed E-state index contributed by atoms with van der Waals surface area (Å²) in [6.07, 6.45) is -0.264.